The summed E-state index contributed by atoms with van der Waals surface area (Å²) in [5, 5.41) is 5.30. The van der Waals surface area contributed by atoms with Gasteiger partial charge in [-0.1, -0.05) is 0 Å². The number of hydrogen-bond acceptors (Lipinski definition) is 2. The summed E-state index contributed by atoms with van der Waals surface area (Å²) in [6, 6.07) is -0.475. The Morgan fingerprint density at radius 2 is 1.38 bits per heavy atom. The number of nitrogens with one attached hydrogen (secondary N) is 2. The SMILES string of the molecule is CCNC(=O)N(C)C([Si])N(C)C(=O)NCC. The maximum absolute atomic E-state index is 11.5. The normalized spacial score (nSPS) is 9.88. The average molecular weight is 243 g/mol. The van der Waals surface area contributed by atoms with E-state index in [0.717, 1.165) is 0 Å². The van der Waals surface area contributed by atoms with E-state index < -0.39 is 5.79 Å². The average Bonchev–Trinajstić information content (AvgIpc) is 2.26. The fraction of sp³-hybridized carbons (Fsp3) is 0.778. The summed E-state index contributed by atoms with van der Waals surface area (Å²) in [5.74, 6) is -0.488. The van der Waals surface area contributed by atoms with E-state index >= 15 is 0 Å². The van der Waals surface area contributed by atoms with Crippen molar-refractivity contribution in [2.75, 3.05) is 27.2 Å². The molecule has 0 aliphatic rings. The minimum Gasteiger partial charge on any atom is -0.338 e. The monoisotopic (exact) mass is 243 g/mol. The molecule has 0 atom stereocenters. The van der Waals surface area contributed by atoms with Gasteiger partial charge < -0.3 is 20.4 Å². The van der Waals surface area contributed by atoms with Crippen molar-refractivity contribution in [3.8, 4) is 0 Å². The molecule has 0 heterocycles. The molecule has 0 bridgehead atoms. The molecule has 0 aliphatic carbocycles. The third-order valence-electron chi connectivity index (χ3n) is 2.03. The molecule has 2 N–H and O–H groups in total. The molecule has 0 saturated carbocycles. The van der Waals surface area contributed by atoms with E-state index in [2.05, 4.69) is 20.9 Å². The molecule has 0 rings (SSSR count). The Kier molecular flexibility index (Phi) is 6.55. The molecule has 0 saturated heterocycles. The highest BCUT2D eigenvalue weighted by Crippen LogP contribution is 1.98. The standard InChI is InChI=1S/C9H19N4O2Si/c1-5-10-7(14)12(3)9(16)13(4)8(15)11-6-2/h9H,5-6H2,1-4H3,(H,10,14)(H,11,15). The molecule has 0 aromatic carbocycles. The summed E-state index contributed by atoms with van der Waals surface area (Å²) in [7, 11) is 6.55. The van der Waals surface area contributed by atoms with Crippen LogP contribution in [0.2, 0.25) is 0 Å². The smallest absolute Gasteiger partial charge is 0.318 e. The Morgan fingerprint density at radius 3 is 1.62 bits per heavy atom. The van der Waals surface area contributed by atoms with Crippen molar-refractivity contribution in [1.29, 1.82) is 0 Å². The topological polar surface area (TPSA) is 64.7 Å². The third kappa shape index (κ3) is 4.09. The number of rotatable bonds is 4. The number of carbonyl (C=O) groups is 2. The van der Waals surface area contributed by atoms with E-state index in [1.807, 2.05) is 13.8 Å². The molecule has 6 nitrogen and oxygen atoms in total. The molecule has 0 aromatic heterocycles. The second-order valence-electron chi connectivity index (χ2n) is 3.27. The lowest BCUT2D eigenvalue weighted by molar-refractivity contribution is 0.152. The van der Waals surface area contributed by atoms with Gasteiger partial charge in [-0.15, -0.1) is 0 Å². The molecule has 3 radical (unpaired) electrons. The Hall–Kier alpha value is -1.24. The largest absolute Gasteiger partial charge is 0.338 e. The summed E-state index contributed by atoms with van der Waals surface area (Å²) in [4.78, 5) is 25.8. The van der Waals surface area contributed by atoms with Crippen LogP contribution >= 0.6 is 0 Å². The quantitative estimate of drug-likeness (QED) is 0.529. The van der Waals surface area contributed by atoms with Gasteiger partial charge in [-0.05, 0) is 13.8 Å². The first-order valence-corrected chi connectivity index (χ1v) is 5.75. The number of hydrogen-bond donors (Lipinski definition) is 2. The molecule has 7 heteroatoms. The zero-order valence-electron chi connectivity index (χ0n) is 10.2. The van der Waals surface area contributed by atoms with Crippen LogP contribution in [-0.2, 0) is 0 Å². The van der Waals surface area contributed by atoms with Crippen molar-refractivity contribution >= 4 is 22.3 Å². The first kappa shape index (κ1) is 14.8. The van der Waals surface area contributed by atoms with Crippen LogP contribution in [0.25, 0.3) is 0 Å². The van der Waals surface area contributed by atoms with Crippen molar-refractivity contribution in [2.45, 2.75) is 19.6 Å². The number of amides is 4. The van der Waals surface area contributed by atoms with Gasteiger partial charge in [0.2, 0.25) is 0 Å². The molecular weight excluding hydrogens is 224 g/mol. The van der Waals surface area contributed by atoms with E-state index in [9.17, 15) is 9.59 Å². The lowest BCUT2D eigenvalue weighted by Crippen LogP contribution is -2.55. The molecule has 0 aliphatic heterocycles. The molecule has 0 aromatic rings. The van der Waals surface area contributed by atoms with Crippen LogP contribution in [0.3, 0.4) is 0 Å². The molecule has 0 unspecified atom stereocenters. The van der Waals surface area contributed by atoms with Crippen LogP contribution < -0.4 is 10.6 Å². The highest BCUT2D eigenvalue weighted by molar-refractivity contribution is 6.13. The number of carbonyl (C=O) groups excluding carboxylic acids is 2. The second kappa shape index (κ2) is 7.10. The van der Waals surface area contributed by atoms with Gasteiger partial charge in [0.25, 0.3) is 0 Å². The third-order valence-corrected chi connectivity index (χ3v) is 2.80. The van der Waals surface area contributed by atoms with Gasteiger partial charge in [0, 0.05) is 27.2 Å². The predicted octanol–water partition coefficient (Wildman–Crippen LogP) is -0.239. The summed E-state index contributed by atoms with van der Waals surface area (Å²) < 4.78 is 0. The Morgan fingerprint density at radius 1 is 1.06 bits per heavy atom. The zero-order valence-corrected chi connectivity index (χ0v) is 11.2. The van der Waals surface area contributed by atoms with Crippen molar-refractivity contribution < 1.29 is 9.59 Å². The maximum Gasteiger partial charge on any atom is 0.318 e. The van der Waals surface area contributed by atoms with Crippen LogP contribution in [0, 0.1) is 0 Å². The molecule has 91 valence electrons. The first-order chi connectivity index (χ1) is 7.45. The van der Waals surface area contributed by atoms with Crippen LogP contribution in [0.4, 0.5) is 9.59 Å². The van der Waals surface area contributed by atoms with Crippen LogP contribution in [-0.4, -0.2) is 65.1 Å². The predicted molar refractivity (Wildman–Crippen MR) is 63.2 cm³/mol. The summed E-state index contributed by atoms with van der Waals surface area (Å²) >= 11 is 0. The zero-order chi connectivity index (χ0) is 12.7. The molecule has 16 heavy (non-hydrogen) atoms. The number of urea groups is 2. The molecule has 0 fully saturated rings. The van der Waals surface area contributed by atoms with E-state index in [-0.39, 0.29) is 12.1 Å². The Labute approximate surface area is 99.8 Å². The Balaban J connectivity index is 4.36. The Bertz CT molecular complexity index is 226. The highest BCUT2D eigenvalue weighted by atomic mass is 28.1. The van der Waals surface area contributed by atoms with E-state index in [1.165, 1.54) is 9.80 Å². The van der Waals surface area contributed by atoms with E-state index in [0.29, 0.717) is 13.1 Å². The van der Waals surface area contributed by atoms with Gasteiger partial charge in [-0.2, -0.15) is 0 Å². The van der Waals surface area contributed by atoms with Gasteiger partial charge in [-0.25, -0.2) is 9.59 Å². The molecule has 4 amide bonds. The number of nitrogens with zero attached hydrogens (tertiary/aromatic N) is 2. The van der Waals surface area contributed by atoms with Gasteiger partial charge in [0.15, 0.2) is 0 Å². The van der Waals surface area contributed by atoms with Gasteiger partial charge in [0.1, 0.15) is 0 Å². The fourth-order valence-corrected chi connectivity index (χ4v) is 1.27. The first-order valence-electron chi connectivity index (χ1n) is 5.18. The molecule has 0 spiro atoms. The van der Waals surface area contributed by atoms with E-state index in [4.69, 9.17) is 0 Å². The van der Waals surface area contributed by atoms with Gasteiger partial charge in [0.05, 0.1) is 16.0 Å². The second-order valence-corrected chi connectivity index (χ2v) is 3.78. The van der Waals surface area contributed by atoms with Crippen LogP contribution in [0.1, 0.15) is 13.8 Å². The lowest BCUT2D eigenvalue weighted by atomic mass is 10.6. The summed E-state index contributed by atoms with van der Waals surface area (Å²) in [6.45, 7) is 4.77. The minimum atomic E-state index is -0.488. The van der Waals surface area contributed by atoms with E-state index in [1.54, 1.807) is 14.1 Å². The van der Waals surface area contributed by atoms with Crippen molar-refractivity contribution in [3.63, 3.8) is 0 Å². The van der Waals surface area contributed by atoms with Gasteiger partial charge in [-0.3, -0.25) is 0 Å². The maximum atomic E-state index is 11.5. The fourth-order valence-electron chi connectivity index (χ4n) is 1.03. The van der Waals surface area contributed by atoms with Crippen LogP contribution in [0.15, 0.2) is 0 Å². The highest BCUT2D eigenvalue weighted by Gasteiger charge is 2.22. The van der Waals surface area contributed by atoms with Crippen molar-refractivity contribution in [3.05, 3.63) is 0 Å². The lowest BCUT2D eigenvalue weighted by Gasteiger charge is -2.32. The van der Waals surface area contributed by atoms with Gasteiger partial charge >= 0.3 is 12.1 Å². The van der Waals surface area contributed by atoms with Crippen molar-refractivity contribution in [1.82, 2.24) is 20.4 Å². The summed E-state index contributed by atoms with van der Waals surface area (Å²) in [6.07, 6.45) is 0. The molecular formula is C9H19N4O2Si. The van der Waals surface area contributed by atoms with Crippen LogP contribution in [0.5, 0.6) is 0 Å². The van der Waals surface area contributed by atoms with Crippen molar-refractivity contribution in [2.24, 2.45) is 0 Å². The summed E-state index contributed by atoms with van der Waals surface area (Å²) in [5.41, 5.74) is 0. The minimum absolute atomic E-state index is 0.237.